The Balaban J connectivity index is 1.98. The summed E-state index contributed by atoms with van der Waals surface area (Å²) in [6.07, 6.45) is 5.51. The van der Waals surface area contributed by atoms with Crippen LogP contribution in [0.15, 0.2) is 0 Å². The number of nitrogens with one attached hydrogen (secondary N) is 1. The number of hydrogen-bond acceptors (Lipinski definition) is 2. The quantitative estimate of drug-likeness (QED) is 0.672. The van der Waals surface area contributed by atoms with Gasteiger partial charge in [0, 0.05) is 0 Å². The van der Waals surface area contributed by atoms with Crippen LogP contribution in [-0.4, -0.2) is 37.6 Å². The molecular weight excluding hydrogens is 196 g/mol. The molecule has 16 heavy (non-hydrogen) atoms. The van der Waals surface area contributed by atoms with Gasteiger partial charge in [0.15, 0.2) is 0 Å². The van der Waals surface area contributed by atoms with Gasteiger partial charge in [0.2, 0.25) is 0 Å². The highest BCUT2D eigenvalue weighted by Gasteiger charge is 2.17. The molecule has 1 aliphatic rings. The van der Waals surface area contributed by atoms with E-state index in [0.29, 0.717) is 0 Å². The molecule has 0 aliphatic carbocycles. The molecule has 0 amide bonds. The lowest BCUT2D eigenvalue weighted by molar-refractivity contribution is 0.186. The molecule has 1 atom stereocenters. The topological polar surface area (TPSA) is 15.3 Å². The molecule has 0 aromatic rings. The Kier molecular flexibility index (Phi) is 7.06. The summed E-state index contributed by atoms with van der Waals surface area (Å²) >= 11 is 0. The molecule has 1 unspecified atom stereocenters. The number of likely N-dealkylation sites (tertiary alicyclic amines) is 1. The first-order chi connectivity index (χ1) is 7.76. The summed E-state index contributed by atoms with van der Waals surface area (Å²) in [5, 5.41) is 3.59. The molecule has 1 heterocycles. The second-order valence-corrected chi connectivity index (χ2v) is 5.38. The Bertz CT molecular complexity index is 162. The first-order valence-electron chi connectivity index (χ1n) is 7.19. The van der Waals surface area contributed by atoms with Gasteiger partial charge < -0.3 is 10.2 Å². The van der Waals surface area contributed by atoms with E-state index in [2.05, 4.69) is 31.0 Å². The lowest BCUT2D eigenvalue weighted by atomic mass is 9.93. The van der Waals surface area contributed by atoms with Crippen molar-refractivity contribution in [1.29, 1.82) is 0 Å². The van der Waals surface area contributed by atoms with E-state index in [1.807, 2.05) is 0 Å². The van der Waals surface area contributed by atoms with E-state index in [-0.39, 0.29) is 0 Å². The number of piperidine rings is 1. The van der Waals surface area contributed by atoms with Crippen LogP contribution in [0.25, 0.3) is 0 Å². The summed E-state index contributed by atoms with van der Waals surface area (Å²) in [7, 11) is 0. The molecule has 0 aromatic heterocycles. The molecule has 1 aliphatic heterocycles. The van der Waals surface area contributed by atoms with Gasteiger partial charge in [-0.15, -0.1) is 0 Å². The van der Waals surface area contributed by atoms with E-state index in [4.69, 9.17) is 0 Å². The van der Waals surface area contributed by atoms with Crippen molar-refractivity contribution < 1.29 is 0 Å². The van der Waals surface area contributed by atoms with Gasteiger partial charge in [-0.2, -0.15) is 0 Å². The second kappa shape index (κ2) is 8.08. The van der Waals surface area contributed by atoms with E-state index in [1.165, 1.54) is 58.4 Å². The fraction of sp³-hybridized carbons (Fsp3) is 1.00. The molecule has 2 heteroatoms. The van der Waals surface area contributed by atoms with E-state index in [0.717, 1.165) is 11.8 Å². The Morgan fingerprint density at radius 2 is 1.94 bits per heavy atom. The van der Waals surface area contributed by atoms with Crippen LogP contribution in [0.5, 0.6) is 0 Å². The van der Waals surface area contributed by atoms with Crippen LogP contribution in [0.1, 0.15) is 46.5 Å². The molecule has 0 saturated carbocycles. The molecule has 0 spiro atoms. The maximum absolute atomic E-state index is 3.59. The van der Waals surface area contributed by atoms with Crippen LogP contribution >= 0.6 is 0 Å². The van der Waals surface area contributed by atoms with Gasteiger partial charge in [0.05, 0.1) is 0 Å². The summed E-state index contributed by atoms with van der Waals surface area (Å²) < 4.78 is 0. The van der Waals surface area contributed by atoms with Crippen LogP contribution in [-0.2, 0) is 0 Å². The first-order valence-corrected chi connectivity index (χ1v) is 7.19. The average Bonchev–Trinajstić information content (AvgIpc) is 2.35. The molecule has 1 rings (SSSR count). The van der Waals surface area contributed by atoms with Crippen molar-refractivity contribution in [2.75, 3.05) is 32.7 Å². The van der Waals surface area contributed by atoms with Crippen molar-refractivity contribution in [3.8, 4) is 0 Å². The van der Waals surface area contributed by atoms with E-state index in [9.17, 15) is 0 Å². The summed E-state index contributed by atoms with van der Waals surface area (Å²) in [5.74, 6) is 1.81. The third-order valence-corrected chi connectivity index (χ3v) is 4.07. The van der Waals surface area contributed by atoms with Crippen LogP contribution in [0, 0.1) is 11.8 Å². The number of rotatable bonds is 7. The van der Waals surface area contributed by atoms with Gasteiger partial charge in [-0.25, -0.2) is 0 Å². The zero-order chi connectivity index (χ0) is 11.8. The zero-order valence-electron chi connectivity index (χ0n) is 11.5. The summed E-state index contributed by atoms with van der Waals surface area (Å²) in [6.45, 7) is 13.2. The second-order valence-electron chi connectivity index (χ2n) is 5.38. The first kappa shape index (κ1) is 14.0. The van der Waals surface area contributed by atoms with Gasteiger partial charge in [-0.3, -0.25) is 0 Å². The third kappa shape index (κ3) is 5.31. The van der Waals surface area contributed by atoms with Crippen LogP contribution in [0.3, 0.4) is 0 Å². The fourth-order valence-corrected chi connectivity index (χ4v) is 2.39. The van der Waals surface area contributed by atoms with E-state index < -0.39 is 0 Å². The van der Waals surface area contributed by atoms with Gasteiger partial charge in [-0.05, 0) is 63.8 Å². The Morgan fingerprint density at radius 1 is 1.25 bits per heavy atom. The smallest absolute Gasteiger partial charge is 0.00162 e. The highest BCUT2D eigenvalue weighted by atomic mass is 15.1. The average molecular weight is 226 g/mol. The Hall–Kier alpha value is -0.0800. The molecule has 0 bridgehead atoms. The minimum absolute atomic E-state index is 0.835. The number of nitrogens with zero attached hydrogens (tertiary/aromatic N) is 1. The summed E-state index contributed by atoms with van der Waals surface area (Å²) in [5.41, 5.74) is 0. The van der Waals surface area contributed by atoms with Crippen molar-refractivity contribution in [3.05, 3.63) is 0 Å². The predicted molar refractivity (Wildman–Crippen MR) is 71.8 cm³/mol. The van der Waals surface area contributed by atoms with Crippen molar-refractivity contribution in [2.24, 2.45) is 11.8 Å². The zero-order valence-corrected chi connectivity index (χ0v) is 11.5. The molecule has 96 valence electrons. The third-order valence-electron chi connectivity index (χ3n) is 4.07. The van der Waals surface area contributed by atoms with Crippen molar-refractivity contribution in [2.45, 2.75) is 46.5 Å². The van der Waals surface area contributed by atoms with Gasteiger partial charge in [0.1, 0.15) is 0 Å². The lowest BCUT2D eigenvalue weighted by Crippen LogP contribution is -2.34. The van der Waals surface area contributed by atoms with Crippen LogP contribution < -0.4 is 5.32 Å². The summed E-state index contributed by atoms with van der Waals surface area (Å²) in [6, 6.07) is 0. The monoisotopic (exact) mass is 226 g/mol. The van der Waals surface area contributed by atoms with E-state index >= 15 is 0 Å². The fourth-order valence-electron chi connectivity index (χ4n) is 2.39. The lowest BCUT2D eigenvalue weighted by Gasteiger charge is -2.31. The molecule has 2 nitrogen and oxygen atoms in total. The number of hydrogen-bond donors (Lipinski definition) is 1. The normalized spacial score (nSPS) is 21.2. The van der Waals surface area contributed by atoms with Gasteiger partial charge >= 0.3 is 0 Å². The van der Waals surface area contributed by atoms with Crippen molar-refractivity contribution >= 4 is 0 Å². The van der Waals surface area contributed by atoms with Gasteiger partial charge in [-0.1, -0.05) is 27.2 Å². The molecule has 1 fully saturated rings. The largest absolute Gasteiger partial charge is 0.316 e. The highest BCUT2D eigenvalue weighted by Crippen LogP contribution is 2.19. The maximum Gasteiger partial charge on any atom is -0.00162 e. The highest BCUT2D eigenvalue weighted by molar-refractivity contribution is 4.72. The minimum atomic E-state index is 0.835. The standard InChI is InChI=1S/C14H30N2/c1-4-13(3)12-15-9-6-14-7-10-16(5-2)11-8-14/h13-15H,4-12H2,1-3H3. The molecule has 1 N–H and O–H groups in total. The van der Waals surface area contributed by atoms with Crippen molar-refractivity contribution in [3.63, 3.8) is 0 Å². The predicted octanol–water partition coefficient (Wildman–Crippen LogP) is 2.74. The van der Waals surface area contributed by atoms with Crippen LogP contribution in [0.4, 0.5) is 0 Å². The molecule has 0 radical (unpaired) electrons. The minimum Gasteiger partial charge on any atom is -0.316 e. The van der Waals surface area contributed by atoms with Gasteiger partial charge in [0.25, 0.3) is 0 Å². The SMILES string of the molecule is CCC(C)CNCCC1CCN(CC)CC1. The Morgan fingerprint density at radius 3 is 2.50 bits per heavy atom. The molecule has 0 aromatic carbocycles. The maximum atomic E-state index is 3.59. The van der Waals surface area contributed by atoms with Crippen molar-refractivity contribution in [1.82, 2.24) is 10.2 Å². The Labute approximate surface area is 102 Å². The van der Waals surface area contributed by atoms with Crippen LogP contribution in [0.2, 0.25) is 0 Å². The molecule has 1 saturated heterocycles. The van der Waals surface area contributed by atoms with E-state index in [1.54, 1.807) is 0 Å². The molecular formula is C14H30N2. The summed E-state index contributed by atoms with van der Waals surface area (Å²) in [4.78, 5) is 2.57.